The molecule has 2 N–H and O–H groups in total. The van der Waals surface area contributed by atoms with Crippen LogP contribution in [0.4, 0.5) is 5.69 Å². The van der Waals surface area contributed by atoms with Crippen LogP contribution in [0.2, 0.25) is 0 Å². The van der Waals surface area contributed by atoms with Gasteiger partial charge >= 0.3 is 11.8 Å². The zero-order valence-corrected chi connectivity index (χ0v) is 14.2. The van der Waals surface area contributed by atoms with E-state index in [1.807, 2.05) is 54.6 Å². The Morgan fingerprint density at radius 1 is 0.958 bits per heavy atom. The molecule has 0 saturated carbocycles. The van der Waals surface area contributed by atoms with E-state index in [2.05, 4.69) is 24.5 Å². The zero-order chi connectivity index (χ0) is 17.4. The average Bonchev–Trinajstić information content (AvgIpc) is 2.62. The quantitative estimate of drug-likeness (QED) is 0.799. The molecule has 2 rings (SSSR count). The van der Waals surface area contributed by atoms with Crippen LogP contribution in [0.1, 0.15) is 37.3 Å². The third-order valence-corrected chi connectivity index (χ3v) is 4.10. The molecule has 1 atom stereocenters. The van der Waals surface area contributed by atoms with E-state index in [-0.39, 0.29) is 0 Å². The predicted octanol–water partition coefficient (Wildman–Crippen LogP) is 3.50. The van der Waals surface area contributed by atoms with Gasteiger partial charge in [0.25, 0.3) is 0 Å². The maximum Gasteiger partial charge on any atom is 0.313 e. The maximum atomic E-state index is 12.1. The lowest BCUT2D eigenvalue weighted by atomic mass is 9.97. The molecule has 126 valence electrons. The van der Waals surface area contributed by atoms with Crippen LogP contribution in [-0.2, 0) is 16.0 Å². The standard InChI is InChI=1S/C20H24N2O2/c1-3-15(2)17-11-7-8-12-18(17)22-20(24)19(23)21-14-13-16-9-5-4-6-10-16/h4-12,15H,3,13-14H2,1-2H3,(H,21,23)(H,22,24). The second-order valence-corrected chi connectivity index (χ2v) is 5.84. The molecule has 2 aromatic rings. The predicted molar refractivity (Wildman–Crippen MR) is 96.9 cm³/mol. The minimum atomic E-state index is -0.626. The highest BCUT2D eigenvalue weighted by molar-refractivity contribution is 6.39. The minimum Gasteiger partial charge on any atom is -0.347 e. The molecule has 0 aromatic heterocycles. The maximum absolute atomic E-state index is 12.1. The van der Waals surface area contributed by atoms with Crippen molar-refractivity contribution in [3.8, 4) is 0 Å². The van der Waals surface area contributed by atoms with Crippen molar-refractivity contribution in [2.75, 3.05) is 11.9 Å². The second kappa shape index (κ2) is 8.87. The number of benzene rings is 2. The summed E-state index contributed by atoms with van der Waals surface area (Å²) < 4.78 is 0. The van der Waals surface area contributed by atoms with Crippen LogP contribution >= 0.6 is 0 Å². The monoisotopic (exact) mass is 324 g/mol. The van der Waals surface area contributed by atoms with Gasteiger partial charge in [0.15, 0.2) is 0 Å². The molecule has 0 spiro atoms. The number of nitrogens with one attached hydrogen (secondary N) is 2. The molecule has 0 aliphatic rings. The van der Waals surface area contributed by atoms with E-state index >= 15 is 0 Å². The molecular weight excluding hydrogens is 300 g/mol. The van der Waals surface area contributed by atoms with Gasteiger partial charge in [-0.3, -0.25) is 9.59 Å². The molecule has 4 heteroatoms. The summed E-state index contributed by atoms with van der Waals surface area (Å²) in [5.41, 5.74) is 2.88. The summed E-state index contributed by atoms with van der Waals surface area (Å²) in [7, 11) is 0. The molecule has 2 aromatic carbocycles. The highest BCUT2D eigenvalue weighted by atomic mass is 16.2. The van der Waals surface area contributed by atoms with Crippen LogP contribution in [0.3, 0.4) is 0 Å². The lowest BCUT2D eigenvalue weighted by molar-refractivity contribution is -0.136. The zero-order valence-electron chi connectivity index (χ0n) is 14.2. The van der Waals surface area contributed by atoms with E-state index in [1.165, 1.54) is 0 Å². The largest absolute Gasteiger partial charge is 0.347 e. The highest BCUT2D eigenvalue weighted by Gasteiger charge is 2.16. The normalized spacial score (nSPS) is 11.6. The molecule has 2 amide bonds. The third kappa shape index (κ3) is 4.95. The molecule has 0 heterocycles. The Balaban J connectivity index is 1.89. The number of anilines is 1. The lowest BCUT2D eigenvalue weighted by Gasteiger charge is -2.15. The van der Waals surface area contributed by atoms with Gasteiger partial charge in [-0.1, -0.05) is 62.4 Å². The van der Waals surface area contributed by atoms with Crippen molar-refractivity contribution < 1.29 is 9.59 Å². The van der Waals surface area contributed by atoms with E-state index in [0.29, 0.717) is 24.6 Å². The van der Waals surface area contributed by atoms with Gasteiger partial charge in [-0.2, -0.15) is 0 Å². The molecule has 0 saturated heterocycles. The summed E-state index contributed by atoms with van der Waals surface area (Å²) in [6.45, 7) is 4.63. The summed E-state index contributed by atoms with van der Waals surface area (Å²) in [5, 5.41) is 5.39. The van der Waals surface area contributed by atoms with Crippen LogP contribution in [-0.4, -0.2) is 18.4 Å². The van der Waals surface area contributed by atoms with Crippen LogP contribution < -0.4 is 10.6 Å². The average molecular weight is 324 g/mol. The molecule has 0 bridgehead atoms. The topological polar surface area (TPSA) is 58.2 Å². The Labute approximate surface area is 143 Å². The van der Waals surface area contributed by atoms with Crippen molar-refractivity contribution in [3.63, 3.8) is 0 Å². The van der Waals surface area contributed by atoms with Gasteiger partial charge in [-0.25, -0.2) is 0 Å². The van der Waals surface area contributed by atoms with Crippen LogP contribution in [0, 0.1) is 0 Å². The van der Waals surface area contributed by atoms with E-state index in [4.69, 9.17) is 0 Å². The highest BCUT2D eigenvalue weighted by Crippen LogP contribution is 2.26. The van der Waals surface area contributed by atoms with Crippen LogP contribution in [0.15, 0.2) is 54.6 Å². The molecule has 0 aliphatic carbocycles. The molecule has 0 radical (unpaired) electrons. The summed E-state index contributed by atoms with van der Waals surface area (Å²) in [6, 6.07) is 17.5. The number of hydrogen-bond donors (Lipinski definition) is 2. The summed E-state index contributed by atoms with van der Waals surface area (Å²) in [4.78, 5) is 24.1. The Hall–Kier alpha value is -2.62. The van der Waals surface area contributed by atoms with Crippen LogP contribution in [0.5, 0.6) is 0 Å². The fourth-order valence-corrected chi connectivity index (χ4v) is 2.48. The van der Waals surface area contributed by atoms with Crippen molar-refractivity contribution in [1.29, 1.82) is 0 Å². The molecule has 1 unspecified atom stereocenters. The van der Waals surface area contributed by atoms with Crippen molar-refractivity contribution in [2.45, 2.75) is 32.6 Å². The van der Waals surface area contributed by atoms with E-state index in [9.17, 15) is 9.59 Å². The van der Waals surface area contributed by atoms with Gasteiger partial charge in [0.2, 0.25) is 0 Å². The van der Waals surface area contributed by atoms with E-state index < -0.39 is 11.8 Å². The van der Waals surface area contributed by atoms with Crippen molar-refractivity contribution >= 4 is 17.5 Å². The molecule has 24 heavy (non-hydrogen) atoms. The van der Waals surface area contributed by atoms with Crippen molar-refractivity contribution in [1.82, 2.24) is 5.32 Å². The molecule has 0 fully saturated rings. The summed E-state index contributed by atoms with van der Waals surface area (Å²) >= 11 is 0. The number of para-hydroxylation sites is 1. The van der Waals surface area contributed by atoms with E-state index in [1.54, 1.807) is 0 Å². The Kier molecular flexibility index (Phi) is 6.55. The van der Waals surface area contributed by atoms with Gasteiger partial charge in [0.1, 0.15) is 0 Å². The molecule has 4 nitrogen and oxygen atoms in total. The summed E-state index contributed by atoms with van der Waals surface area (Å²) in [5.74, 6) is -0.911. The number of rotatable bonds is 6. The Morgan fingerprint density at radius 3 is 2.33 bits per heavy atom. The fourth-order valence-electron chi connectivity index (χ4n) is 2.48. The number of carbonyl (C=O) groups is 2. The van der Waals surface area contributed by atoms with Crippen molar-refractivity contribution in [3.05, 3.63) is 65.7 Å². The van der Waals surface area contributed by atoms with Crippen molar-refractivity contribution in [2.24, 2.45) is 0 Å². The minimum absolute atomic E-state index is 0.322. The fraction of sp³-hybridized carbons (Fsp3) is 0.300. The van der Waals surface area contributed by atoms with Gasteiger partial charge in [-0.15, -0.1) is 0 Å². The van der Waals surface area contributed by atoms with Gasteiger partial charge in [-0.05, 0) is 36.0 Å². The Bertz CT molecular complexity index is 683. The van der Waals surface area contributed by atoms with Gasteiger partial charge in [0, 0.05) is 12.2 Å². The first kappa shape index (κ1) is 17.7. The number of hydrogen-bond acceptors (Lipinski definition) is 2. The van der Waals surface area contributed by atoms with Crippen LogP contribution in [0.25, 0.3) is 0 Å². The first-order chi connectivity index (χ1) is 11.6. The number of amides is 2. The van der Waals surface area contributed by atoms with Gasteiger partial charge < -0.3 is 10.6 Å². The van der Waals surface area contributed by atoms with Gasteiger partial charge in [0.05, 0.1) is 0 Å². The molecular formula is C20H24N2O2. The Morgan fingerprint density at radius 2 is 1.62 bits per heavy atom. The third-order valence-electron chi connectivity index (χ3n) is 4.10. The number of carbonyl (C=O) groups excluding carboxylic acids is 2. The molecule has 0 aliphatic heterocycles. The smallest absolute Gasteiger partial charge is 0.313 e. The SMILES string of the molecule is CCC(C)c1ccccc1NC(=O)C(=O)NCCc1ccccc1. The summed E-state index contributed by atoms with van der Waals surface area (Å²) in [6.07, 6.45) is 1.67. The van der Waals surface area contributed by atoms with E-state index in [0.717, 1.165) is 17.5 Å². The lowest BCUT2D eigenvalue weighted by Crippen LogP contribution is -2.36. The second-order valence-electron chi connectivity index (χ2n) is 5.84. The first-order valence-corrected chi connectivity index (χ1v) is 8.33. The first-order valence-electron chi connectivity index (χ1n) is 8.33.